The van der Waals surface area contributed by atoms with Crippen LogP contribution in [0.1, 0.15) is 0 Å². The zero-order chi connectivity index (χ0) is 6.81. The average molecular weight is 168 g/mol. The van der Waals surface area contributed by atoms with E-state index < -0.39 is 0 Å². The van der Waals surface area contributed by atoms with Gasteiger partial charge in [-0.25, -0.2) is 0 Å². The molecule has 0 aliphatic rings. The number of nitrogens with zero attached hydrogens (tertiary/aromatic N) is 3. The lowest BCUT2D eigenvalue weighted by molar-refractivity contribution is 1.15. The minimum Gasteiger partial charge on any atom is -0.192 e. The van der Waals surface area contributed by atoms with Crippen LogP contribution in [0.5, 0.6) is 0 Å². The number of aromatic nitrogens is 3. The van der Waals surface area contributed by atoms with Gasteiger partial charge >= 0.3 is 0 Å². The Bertz CT molecular complexity index is 254. The highest BCUT2D eigenvalue weighted by molar-refractivity contribution is 7.09. The van der Waals surface area contributed by atoms with Crippen LogP contribution in [-0.2, 0) is 0 Å². The third kappa shape index (κ3) is 0.932. The SMILES string of the molecule is [c]1nnsc1-c1ccsn1. The van der Waals surface area contributed by atoms with Crippen LogP contribution in [0, 0.1) is 6.20 Å². The van der Waals surface area contributed by atoms with E-state index in [1.807, 2.05) is 11.4 Å². The molecule has 0 saturated carbocycles. The van der Waals surface area contributed by atoms with Gasteiger partial charge < -0.3 is 0 Å². The summed E-state index contributed by atoms with van der Waals surface area (Å²) in [6, 6.07) is 1.93. The van der Waals surface area contributed by atoms with Crippen LogP contribution in [-0.4, -0.2) is 14.0 Å². The van der Waals surface area contributed by atoms with Crippen molar-refractivity contribution in [1.29, 1.82) is 0 Å². The summed E-state index contributed by atoms with van der Waals surface area (Å²) in [6.07, 6.45) is 2.74. The monoisotopic (exact) mass is 168 g/mol. The molecule has 0 N–H and O–H groups in total. The minimum atomic E-state index is 0.904. The topological polar surface area (TPSA) is 38.7 Å². The van der Waals surface area contributed by atoms with E-state index >= 15 is 0 Å². The van der Waals surface area contributed by atoms with Crippen molar-refractivity contribution in [1.82, 2.24) is 14.0 Å². The van der Waals surface area contributed by atoms with E-state index in [9.17, 15) is 0 Å². The number of rotatable bonds is 1. The normalized spacial score (nSPS) is 10.0. The van der Waals surface area contributed by atoms with E-state index in [0.717, 1.165) is 10.6 Å². The Labute approximate surface area is 65.7 Å². The highest BCUT2D eigenvalue weighted by atomic mass is 32.1. The Morgan fingerprint density at radius 1 is 1.50 bits per heavy atom. The fourth-order valence-electron chi connectivity index (χ4n) is 0.581. The first-order chi connectivity index (χ1) is 4.97. The summed E-state index contributed by atoms with van der Waals surface area (Å²) >= 11 is 2.73. The first-order valence-corrected chi connectivity index (χ1v) is 4.18. The van der Waals surface area contributed by atoms with Gasteiger partial charge in [-0.15, -0.1) is 5.10 Å². The van der Waals surface area contributed by atoms with Crippen molar-refractivity contribution in [3.05, 3.63) is 17.6 Å². The van der Waals surface area contributed by atoms with Gasteiger partial charge in [-0.05, 0) is 29.1 Å². The van der Waals surface area contributed by atoms with Gasteiger partial charge in [0.2, 0.25) is 0 Å². The van der Waals surface area contributed by atoms with E-state index in [0.29, 0.717) is 0 Å². The molecular formula is C5H2N3S2. The molecule has 2 rings (SSSR count). The predicted molar refractivity (Wildman–Crippen MR) is 39.9 cm³/mol. The summed E-state index contributed by atoms with van der Waals surface area (Å²) in [7, 11) is 0. The van der Waals surface area contributed by atoms with Gasteiger partial charge in [-0.3, -0.25) is 0 Å². The lowest BCUT2D eigenvalue weighted by Crippen LogP contribution is -1.66. The predicted octanol–water partition coefficient (Wildman–Crippen LogP) is 1.46. The van der Waals surface area contributed by atoms with Crippen LogP contribution in [0.3, 0.4) is 0 Å². The fourth-order valence-corrected chi connectivity index (χ4v) is 1.61. The second-order valence-corrected chi connectivity index (χ2v) is 3.02. The molecule has 2 heterocycles. The van der Waals surface area contributed by atoms with Gasteiger partial charge in [-0.1, -0.05) is 4.49 Å². The highest BCUT2D eigenvalue weighted by Gasteiger charge is 2.01. The molecule has 3 nitrogen and oxygen atoms in total. The smallest absolute Gasteiger partial charge is 0.137 e. The van der Waals surface area contributed by atoms with Crippen molar-refractivity contribution in [3.63, 3.8) is 0 Å². The summed E-state index contributed by atoms with van der Waals surface area (Å²) in [6.45, 7) is 0. The van der Waals surface area contributed by atoms with Crippen molar-refractivity contribution >= 4 is 23.1 Å². The Morgan fingerprint density at radius 3 is 3.10 bits per heavy atom. The molecule has 0 aliphatic heterocycles. The Balaban J connectivity index is 2.48. The van der Waals surface area contributed by atoms with Gasteiger partial charge in [0.05, 0.1) is 5.69 Å². The van der Waals surface area contributed by atoms with Crippen LogP contribution in [0.15, 0.2) is 11.4 Å². The van der Waals surface area contributed by atoms with Crippen molar-refractivity contribution in [2.75, 3.05) is 0 Å². The third-order valence-electron chi connectivity index (χ3n) is 0.995. The quantitative estimate of drug-likeness (QED) is 0.647. The molecule has 0 amide bonds. The van der Waals surface area contributed by atoms with Crippen LogP contribution < -0.4 is 0 Å². The Kier molecular flexibility index (Phi) is 1.44. The van der Waals surface area contributed by atoms with Gasteiger partial charge in [0.25, 0.3) is 0 Å². The van der Waals surface area contributed by atoms with Crippen molar-refractivity contribution < 1.29 is 0 Å². The molecule has 5 heteroatoms. The van der Waals surface area contributed by atoms with Crippen LogP contribution >= 0.6 is 23.1 Å². The second kappa shape index (κ2) is 2.43. The van der Waals surface area contributed by atoms with E-state index in [2.05, 4.69) is 20.2 Å². The maximum Gasteiger partial charge on any atom is 0.137 e. The number of hydrogen-bond acceptors (Lipinski definition) is 5. The largest absolute Gasteiger partial charge is 0.192 e. The molecular weight excluding hydrogens is 166 g/mol. The molecule has 0 bridgehead atoms. The molecule has 49 valence electrons. The molecule has 2 aromatic rings. The fraction of sp³-hybridized carbons (Fsp3) is 0. The molecule has 0 atom stereocenters. The van der Waals surface area contributed by atoms with Crippen LogP contribution in [0.25, 0.3) is 10.6 Å². The molecule has 0 fully saturated rings. The van der Waals surface area contributed by atoms with Gasteiger partial charge in [-0.2, -0.15) is 4.37 Å². The van der Waals surface area contributed by atoms with Gasteiger partial charge in [0, 0.05) is 5.38 Å². The Hall–Kier alpha value is -0.810. The van der Waals surface area contributed by atoms with Crippen molar-refractivity contribution in [2.24, 2.45) is 0 Å². The molecule has 10 heavy (non-hydrogen) atoms. The van der Waals surface area contributed by atoms with Gasteiger partial charge in [0.1, 0.15) is 11.1 Å². The zero-order valence-electron chi connectivity index (χ0n) is 4.81. The molecule has 2 aromatic heterocycles. The van der Waals surface area contributed by atoms with Crippen molar-refractivity contribution in [3.8, 4) is 10.6 Å². The lowest BCUT2D eigenvalue weighted by atomic mass is 10.4. The Morgan fingerprint density at radius 2 is 2.50 bits per heavy atom. The summed E-state index contributed by atoms with van der Waals surface area (Å²) in [4.78, 5) is 0.904. The molecule has 0 aliphatic carbocycles. The van der Waals surface area contributed by atoms with E-state index in [1.165, 1.54) is 23.1 Å². The van der Waals surface area contributed by atoms with E-state index in [-0.39, 0.29) is 0 Å². The summed E-state index contributed by atoms with van der Waals surface area (Å²) in [5.41, 5.74) is 0.917. The van der Waals surface area contributed by atoms with Gasteiger partial charge in [0.15, 0.2) is 0 Å². The van der Waals surface area contributed by atoms with Crippen LogP contribution in [0.2, 0.25) is 0 Å². The maximum absolute atomic E-state index is 4.10. The summed E-state index contributed by atoms with van der Waals surface area (Å²) in [5, 5.41) is 5.51. The summed E-state index contributed by atoms with van der Waals surface area (Å²) < 4.78 is 7.78. The number of hydrogen-bond donors (Lipinski definition) is 0. The second-order valence-electron chi connectivity index (χ2n) is 1.60. The zero-order valence-corrected chi connectivity index (χ0v) is 6.45. The van der Waals surface area contributed by atoms with E-state index in [4.69, 9.17) is 0 Å². The lowest BCUT2D eigenvalue weighted by Gasteiger charge is -1.79. The molecule has 0 unspecified atom stereocenters. The molecule has 0 saturated heterocycles. The highest BCUT2D eigenvalue weighted by Crippen LogP contribution is 2.19. The standard InChI is InChI=1S/C5H2N3S2/c1-2-9-7-4(1)5-3-6-8-10-5/h1-2H. The van der Waals surface area contributed by atoms with Crippen molar-refractivity contribution in [2.45, 2.75) is 0 Å². The molecule has 0 spiro atoms. The summed E-state index contributed by atoms with van der Waals surface area (Å²) in [5.74, 6) is 0. The van der Waals surface area contributed by atoms with E-state index in [1.54, 1.807) is 0 Å². The third-order valence-corrected chi connectivity index (χ3v) is 2.20. The molecule has 0 aromatic carbocycles. The maximum atomic E-state index is 4.10. The minimum absolute atomic E-state index is 0.904. The van der Waals surface area contributed by atoms with Crippen LogP contribution in [0.4, 0.5) is 0 Å². The molecule has 1 radical (unpaired) electrons. The first kappa shape index (κ1) is 5.94. The first-order valence-electron chi connectivity index (χ1n) is 2.57. The average Bonchev–Trinajstić information content (AvgIpc) is 2.59.